The van der Waals surface area contributed by atoms with E-state index < -0.39 is 53.2 Å². The van der Waals surface area contributed by atoms with Crippen molar-refractivity contribution in [2.45, 2.75) is 111 Å². The van der Waals surface area contributed by atoms with E-state index in [0.717, 1.165) is 11.1 Å². The normalized spacial score (nSPS) is 13.8. The van der Waals surface area contributed by atoms with Crippen LogP contribution in [0.3, 0.4) is 0 Å². The Morgan fingerprint density at radius 1 is 0.818 bits per heavy atom. The van der Waals surface area contributed by atoms with E-state index in [4.69, 9.17) is 9.47 Å². The molecule has 0 bridgehead atoms. The van der Waals surface area contributed by atoms with Crippen LogP contribution in [0.15, 0.2) is 54.6 Å². The SMILES string of the molecule is CCCN(C(=O)C(NC(=O)OC(C)(C)C)C(C)C)C(C(=O)NC(Cc1ccccc1)C(=O)OC(C)(C)C)c1ccc(C)cc1. The van der Waals surface area contributed by atoms with Gasteiger partial charge in [0.25, 0.3) is 0 Å². The molecule has 0 aliphatic rings. The molecule has 3 unspecified atom stereocenters. The lowest BCUT2D eigenvalue weighted by atomic mass is 9.97. The number of aryl methyl sites for hydroxylation is 1. The number of amides is 3. The summed E-state index contributed by atoms with van der Waals surface area (Å²) in [5.41, 5.74) is 0.895. The third kappa shape index (κ3) is 11.7. The summed E-state index contributed by atoms with van der Waals surface area (Å²) in [6.07, 6.45) is 0.0433. The second-order valence-corrected chi connectivity index (χ2v) is 13.5. The molecule has 44 heavy (non-hydrogen) atoms. The molecule has 2 aromatic rings. The van der Waals surface area contributed by atoms with Crippen molar-refractivity contribution < 1.29 is 28.7 Å². The van der Waals surface area contributed by atoms with Crippen molar-refractivity contribution in [3.8, 4) is 0 Å². The molecule has 0 radical (unpaired) electrons. The molecule has 2 aromatic carbocycles. The van der Waals surface area contributed by atoms with Gasteiger partial charge in [-0.2, -0.15) is 0 Å². The van der Waals surface area contributed by atoms with Crippen molar-refractivity contribution in [1.82, 2.24) is 15.5 Å². The highest BCUT2D eigenvalue weighted by Crippen LogP contribution is 2.26. The van der Waals surface area contributed by atoms with Crippen molar-refractivity contribution in [1.29, 1.82) is 0 Å². The predicted octanol–water partition coefficient (Wildman–Crippen LogP) is 5.89. The van der Waals surface area contributed by atoms with Gasteiger partial charge in [-0.15, -0.1) is 0 Å². The lowest BCUT2D eigenvalue weighted by Crippen LogP contribution is -2.56. The zero-order valence-electron chi connectivity index (χ0n) is 28.0. The molecule has 9 heteroatoms. The number of nitrogens with one attached hydrogen (secondary N) is 2. The first-order chi connectivity index (χ1) is 20.4. The van der Waals surface area contributed by atoms with Gasteiger partial charge in [0.05, 0.1) is 0 Å². The smallest absolute Gasteiger partial charge is 0.408 e. The van der Waals surface area contributed by atoms with Crippen molar-refractivity contribution in [3.63, 3.8) is 0 Å². The summed E-state index contributed by atoms with van der Waals surface area (Å²) in [6.45, 7) is 18.3. The maximum Gasteiger partial charge on any atom is 0.408 e. The number of ether oxygens (including phenoxy) is 2. The Bertz CT molecular complexity index is 1250. The topological polar surface area (TPSA) is 114 Å². The van der Waals surface area contributed by atoms with Crippen molar-refractivity contribution in [2.75, 3.05) is 6.54 Å². The Morgan fingerprint density at radius 3 is 1.89 bits per heavy atom. The fraction of sp³-hybridized carbons (Fsp3) is 0.543. The van der Waals surface area contributed by atoms with Crippen LogP contribution in [0.25, 0.3) is 0 Å². The number of esters is 1. The summed E-state index contributed by atoms with van der Waals surface area (Å²) < 4.78 is 11.1. The van der Waals surface area contributed by atoms with Crippen molar-refractivity contribution in [2.24, 2.45) is 5.92 Å². The van der Waals surface area contributed by atoms with Crippen molar-refractivity contribution in [3.05, 3.63) is 71.3 Å². The molecule has 0 spiro atoms. The summed E-state index contributed by atoms with van der Waals surface area (Å²) in [5.74, 6) is -1.83. The predicted molar refractivity (Wildman–Crippen MR) is 172 cm³/mol. The minimum absolute atomic E-state index is 0.207. The zero-order chi connectivity index (χ0) is 33.2. The molecule has 0 saturated carbocycles. The van der Waals surface area contributed by atoms with E-state index in [9.17, 15) is 19.2 Å². The number of hydrogen-bond donors (Lipinski definition) is 2. The van der Waals surface area contributed by atoms with Gasteiger partial charge in [0.15, 0.2) is 0 Å². The highest BCUT2D eigenvalue weighted by atomic mass is 16.6. The second-order valence-electron chi connectivity index (χ2n) is 13.5. The molecular formula is C35H51N3O6. The number of nitrogens with zero attached hydrogens (tertiary/aromatic N) is 1. The largest absolute Gasteiger partial charge is 0.458 e. The van der Waals surface area contributed by atoms with Crippen LogP contribution in [0.5, 0.6) is 0 Å². The Labute approximate surface area is 263 Å². The van der Waals surface area contributed by atoms with Crippen LogP contribution in [-0.2, 0) is 30.3 Å². The van der Waals surface area contributed by atoms with Gasteiger partial charge in [-0.1, -0.05) is 80.9 Å². The highest BCUT2D eigenvalue weighted by Gasteiger charge is 2.39. The van der Waals surface area contributed by atoms with E-state index in [0.29, 0.717) is 12.0 Å². The molecule has 9 nitrogen and oxygen atoms in total. The molecule has 2 N–H and O–H groups in total. The lowest BCUT2D eigenvalue weighted by Gasteiger charge is -2.36. The number of benzene rings is 2. The third-order valence-electron chi connectivity index (χ3n) is 6.60. The molecule has 0 aliphatic heterocycles. The van der Waals surface area contributed by atoms with Crippen LogP contribution in [-0.4, -0.2) is 58.6 Å². The average Bonchev–Trinajstić information content (AvgIpc) is 2.90. The van der Waals surface area contributed by atoms with Gasteiger partial charge in [0, 0.05) is 13.0 Å². The van der Waals surface area contributed by atoms with E-state index >= 15 is 0 Å². The average molecular weight is 610 g/mol. The van der Waals surface area contributed by atoms with Crippen molar-refractivity contribution >= 4 is 23.9 Å². The minimum Gasteiger partial charge on any atom is -0.458 e. The van der Waals surface area contributed by atoms with Crippen LogP contribution in [0.2, 0.25) is 0 Å². The zero-order valence-corrected chi connectivity index (χ0v) is 28.0. The van der Waals surface area contributed by atoms with E-state index in [1.54, 1.807) is 53.7 Å². The van der Waals surface area contributed by atoms with Gasteiger partial charge in [-0.3, -0.25) is 9.59 Å². The van der Waals surface area contributed by atoms with Crippen LogP contribution in [0, 0.1) is 12.8 Å². The monoisotopic (exact) mass is 609 g/mol. The van der Waals surface area contributed by atoms with Gasteiger partial charge >= 0.3 is 12.1 Å². The summed E-state index contributed by atoms with van der Waals surface area (Å²) in [4.78, 5) is 56.2. The first-order valence-electron chi connectivity index (χ1n) is 15.4. The van der Waals surface area contributed by atoms with E-state index in [1.807, 2.05) is 70.2 Å². The highest BCUT2D eigenvalue weighted by molar-refractivity contribution is 5.94. The molecule has 0 heterocycles. The van der Waals surface area contributed by atoms with Gasteiger partial charge in [-0.05, 0) is 71.9 Å². The van der Waals surface area contributed by atoms with Gasteiger partial charge < -0.3 is 25.0 Å². The molecule has 0 aliphatic carbocycles. The van der Waals surface area contributed by atoms with Crippen LogP contribution in [0.4, 0.5) is 4.79 Å². The number of alkyl carbamates (subject to hydrolysis) is 1. The van der Waals surface area contributed by atoms with Crippen LogP contribution in [0.1, 0.15) is 91.5 Å². The summed E-state index contributed by atoms with van der Waals surface area (Å²) in [5, 5.41) is 5.64. The first kappa shape index (κ1) is 36.3. The summed E-state index contributed by atoms with van der Waals surface area (Å²) >= 11 is 0. The molecule has 3 amide bonds. The Morgan fingerprint density at radius 2 is 1.39 bits per heavy atom. The molecular weight excluding hydrogens is 558 g/mol. The second kappa shape index (κ2) is 15.7. The van der Waals surface area contributed by atoms with Gasteiger partial charge in [-0.25, -0.2) is 9.59 Å². The first-order valence-corrected chi connectivity index (χ1v) is 15.4. The number of hydrogen-bond acceptors (Lipinski definition) is 6. The molecule has 3 atom stereocenters. The molecule has 242 valence electrons. The van der Waals surface area contributed by atoms with E-state index in [1.165, 1.54) is 4.90 Å². The maximum absolute atomic E-state index is 14.3. The molecule has 2 rings (SSSR count). The summed E-state index contributed by atoms with van der Waals surface area (Å²) in [7, 11) is 0. The third-order valence-corrected chi connectivity index (χ3v) is 6.60. The standard InChI is InChI=1S/C35H51N3O6/c1-11-21-38(31(40)28(23(2)3)37-33(42)44-35(8,9)10)29(26-19-17-24(4)18-20-26)30(39)36-27(32(41)43-34(5,6)7)22-25-15-13-12-14-16-25/h12-20,23,27-29H,11,21-22H2,1-10H3,(H,36,39)(H,37,42). The van der Waals surface area contributed by atoms with E-state index in [-0.39, 0.29) is 18.9 Å². The summed E-state index contributed by atoms with van der Waals surface area (Å²) in [6, 6.07) is 13.7. The fourth-order valence-corrected chi connectivity index (χ4v) is 4.62. The fourth-order valence-electron chi connectivity index (χ4n) is 4.62. The quantitative estimate of drug-likeness (QED) is 0.290. The molecule has 0 saturated heterocycles. The number of carbonyl (C=O) groups excluding carboxylic acids is 4. The maximum atomic E-state index is 14.3. The van der Waals surface area contributed by atoms with Gasteiger partial charge in [0.1, 0.15) is 29.3 Å². The Kier molecular flexibility index (Phi) is 13.0. The Balaban J connectivity index is 2.55. The Hall–Kier alpha value is -3.88. The van der Waals surface area contributed by atoms with Crippen LogP contribution >= 0.6 is 0 Å². The lowest BCUT2D eigenvalue weighted by molar-refractivity contribution is -0.159. The molecule has 0 aromatic heterocycles. The van der Waals surface area contributed by atoms with Crippen LogP contribution < -0.4 is 10.6 Å². The number of carbonyl (C=O) groups is 4. The van der Waals surface area contributed by atoms with Gasteiger partial charge in [0.2, 0.25) is 11.8 Å². The number of rotatable bonds is 12. The minimum atomic E-state index is -1.08. The molecule has 0 fully saturated rings. The van der Waals surface area contributed by atoms with E-state index in [2.05, 4.69) is 10.6 Å².